The molecule has 0 aliphatic carbocycles. The van der Waals surface area contributed by atoms with Crippen LogP contribution in [-0.2, 0) is 10.0 Å². The summed E-state index contributed by atoms with van der Waals surface area (Å²) in [6.45, 7) is 3.62. The van der Waals surface area contributed by atoms with Crippen LogP contribution in [0.15, 0.2) is 58.0 Å². The molecule has 0 spiro atoms. The Bertz CT molecular complexity index is 1010. The van der Waals surface area contributed by atoms with E-state index >= 15 is 0 Å². The van der Waals surface area contributed by atoms with Crippen LogP contribution in [0, 0.1) is 13.8 Å². The van der Waals surface area contributed by atoms with Gasteiger partial charge in [0.05, 0.1) is 13.3 Å². The number of nitrogens with zero attached hydrogens (tertiary/aromatic N) is 1. The quantitative estimate of drug-likeness (QED) is 0.751. The number of nitrogens with one attached hydrogen (secondary N) is 1. The highest BCUT2D eigenvalue weighted by Crippen LogP contribution is 2.31. The third-order valence-electron chi connectivity index (χ3n) is 3.63. The molecule has 0 saturated heterocycles. The van der Waals surface area contributed by atoms with Gasteiger partial charge < -0.3 is 9.15 Å². The van der Waals surface area contributed by atoms with E-state index in [1.54, 1.807) is 43.5 Å². The third kappa shape index (κ3) is 3.66. The molecule has 130 valence electrons. The Kier molecular flexibility index (Phi) is 4.50. The first kappa shape index (κ1) is 17.0. The molecule has 25 heavy (non-hydrogen) atoms. The fraction of sp³-hybridized carbons (Fsp3) is 0.167. The van der Waals surface area contributed by atoms with Crippen molar-refractivity contribution < 1.29 is 17.6 Å². The summed E-state index contributed by atoms with van der Waals surface area (Å²) in [5, 5.41) is 0. The summed E-state index contributed by atoms with van der Waals surface area (Å²) >= 11 is 0. The Morgan fingerprint density at radius 2 is 1.92 bits per heavy atom. The maximum Gasteiger partial charge on any atom is 0.265 e. The first-order valence-corrected chi connectivity index (χ1v) is 9.08. The molecule has 0 bridgehead atoms. The molecule has 0 fully saturated rings. The predicted octanol–water partition coefficient (Wildman–Crippen LogP) is 3.77. The standard InChI is InChI=1S/C18H18N2O4S/c1-12-5-4-6-15(9-12)20-25(21,22)18-10-14(7-8-16(18)23-3)17-11-19-13(2)24-17/h4-11,20H,1-3H3. The SMILES string of the molecule is COc1ccc(-c2cnc(C)o2)cc1S(=O)(=O)Nc1cccc(C)c1. The number of sulfonamides is 1. The van der Waals surface area contributed by atoms with Crippen LogP contribution in [0.5, 0.6) is 5.75 Å². The van der Waals surface area contributed by atoms with Gasteiger partial charge in [-0.2, -0.15) is 0 Å². The monoisotopic (exact) mass is 358 g/mol. The van der Waals surface area contributed by atoms with Crippen molar-refractivity contribution in [3.8, 4) is 17.1 Å². The highest BCUT2D eigenvalue weighted by Gasteiger charge is 2.21. The number of aromatic nitrogens is 1. The van der Waals surface area contributed by atoms with Gasteiger partial charge in [0.2, 0.25) is 0 Å². The molecule has 0 saturated carbocycles. The number of benzene rings is 2. The molecule has 3 aromatic rings. The molecule has 6 nitrogen and oxygen atoms in total. The van der Waals surface area contributed by atoms with Crippen molar-refractivity contribution in [3.05, 3.63) is 60.1 Å². The molecule has 0 unspecified atom stereocenters. The maximum absolute atomic E-state index is 12.8. The topological polar surface area (TPSA) is 81.4 Å². The minimum atomic E-state index is -3.83. The molecular formula is C18H18N2O4S. The van der Waals surface area contributed by atoms with Crippen molar-refractivity contribution in [2.24, 2.45) is 0 Å². The smallest absolute Gasteiger partial charge is 0.265 e. The maximum atomic E-state index is 12.8. The van der Waals surface area contributed by atoms with Gasteiger partial charge in [0.15, 0.2) is 11.7 Å². The molecule has 1 aromatic heterocycles. The summed E-state index contributed by atoms with van der Waals surface area (Å²) in [5.74, 6) is 1.25. The number of hydrogen-bond donors (Lipinski definition) is 1. The highest BCUT2D eigenvalue weighted by molar-refractivity contribution is 7.92. The molecule has 7 heteroatoms. The first-order chi connectivity index (χ1) is 11.9. The lowest BCUT2D eigenvalue weighted by molar-refractivity contribution is 0.403. The lowest BCUT2D eigenvalue weighted by Gasteiger charge is -2.13. The largest absolute Gasteiger partial charge is 0.495 e. The van der Waals surface area contributed by atoms with Crippen LogP contribution in [0.25, 0.3) is 11.3 Å². The number of rotatable bonds is 5. The Balaban J connectivity index is 2.04. The molecule has 2 aromatic carbocycles. The Morgan fingerprint density at radius 1 is 1.12 bits per heavy atom. The van der Waals surface area contributed by atoms with E-state index in [0.717, 1.165) is 5.56 Å². The molecule has 1 heterocycles. The summed E-state index contributed by atoms with van der Waals surface area (Å²) in [7, 11) is -2.40. The van der Waals surface area contributed by atoms with Crippen LogP contribution in [0.1, 0.15) is 11.5 Å². The van der Waals surface area contributed by atoms with Gasteiger partial charge in [-0.25, -0.2) is 13.4 Å². The second-order valence-corrected chi connectivity index (χ2v) is 7.23. The van der Waals surface area contributed by atoms with E-state index in [9.17, 15) is 8.42 Å². The Hall–Kier alpha value is -2.80. The van der Waals surface area contributed by atoms with Crippen molar-refractivity contribution in [2.45, 2.75) is 18.7 Å². The fourth-order valence-electron chi connectivity index (χ4n) is 2.45. The minimum absolute atomic E-state index is 0.0306. The minimum Gasteiger partial charge on any atom is -0.495 e. The average molecular weight is 358 g/mol. The van der Waals surface area contributed by atoms with Gasteiger partial charge in [-0.05, 0) is 42.8 Å². The first-order valence-electron chi connectivity index (χ1n) is 7.59. The van der Waals surface area contributed by atoms with Crippen molar-refractivity contribution in [3.63, 3.8) is 0 Å². The predicted molar refractivity (Wildman–Crippen MR) is 95.2 cm³/mol. The zero-order valence-electron chi connectivity index (χ0n) is 14.1. The molecule has 0 atom stereocenters. The summed E-state index contributed by atoms with van der Waals surface area (Å²) in [5.41, 5.74) is 2.05. The van der Waals surface area contributed by atoms with Crippen LogP contribution in [0.2, 0.25) is 0 Å². The zero-order valence-corrected chi connectivity index (χ0v) is 14.9. The van der Waals surface area contributed by atoms with Crippen molar-refractivity contribution in [1.82, 2.24) is 4.98 Å². The van der Waals surface area contributed by atoms with Gasteiger partial charge in [0, 0.05) is 18.2 Å². The Labute approximate surface area is 146 Å². The summed E-state index contributed by atoms with van der Waals surface area (Å²) in [4.78, 5) is 4.07. The summed E-state index contributed by atoms with van der Waals surface area (Å²) in [6.07, 6.45) is 1.56. The van der Waals surface area contributed by atoms with Gasteiger partial charge in [0.25, 0.3) is 10.0 Å². The van der Waals surface area contributed by atoms with Gasteiger partial charge >= 0.3 is 0 Å². The van der Waals surface area contributed by atoms with E-state index in [1.807, 2.05) is 13.0 Å². The van der Waals surface area contributed by atoms with Crippen LogP contribution >= 0.6 is 0 Å². The summed E-state index contributed by atoms with van der Waals surface area (Å²) < 4.78 is 39.0. The van der Waals surface area contributed by atoms with Gasteiger partial charge in [0.1, 0.15) is 10.6 Å². The van der Waals surface area contributed by atoms with Gasteiger partial charge in [-0.3, -0.25) is 4.72 Å². The molecule has 3 rings (SSSR count). The van der Waals surface area contributed by atoms with E-state index < -0.39 is 10.0 Å². The normalized spacial score (nSPS) is 11.3. The third-order valence-corrected chi connectivity index (χ3v) is 5.03. The fourth-order valence-corrected chi connectivity index (χ4v) is 3.70. The highest BCUT2D eigenvalue weighted by atomic mass is 32.2. The van der Waals surface area contributed by atoms with Gasteiger partial charge in [-0.1, -0.05) is 12.1 Å². The average Bonchev–Trinajstić information content (AvgIpc) is 3.00. The second-order valence-electron chi connectivity index (χ2n) is 5.58. The Morgan fingerprint density at radius 3 is 2.56 bits per heavy atom. The molecule has 0 radical (unpaired) electrons. The zero-order chi connectivity index (χ0) is 18.0. The van der Waals surface area contributed by atoms with Crippen LogP contribution < -0.4 is 9.46 Å². The molecular weight excluding hydrogens is 340 g/mol. The molecule has 0 amide bonds. The van der Waals surface area contributed by atoms with Crippen molar-refractivity contribution in [2.75, 3.05) is 11.8 Å². The van der Waals surface area contributed by atoms with E-state index in [4.69, 9.17) is 9.15 Å². The second kappa shape index (κ2) is 6.60. The molecule has 1 N–H and O–H groups in total. The lowest BCUT2D eigenvalue weighted by atomic mass is 10.2. The number of hydrogen-bond acceptors (Lipinski definition) is 5. The number of oxazole rings is 1. The van der Waals surface area contributed by atoms with E-state index in [-0.39, 0.29) is 10.6 Å². The number of methoxy groups -OCH3 is 1. The van der Waals surface area contributed by atoms with Crippen molar-refractivity contribution in [1.29, 1.82) is 0 Å². The molecule has 0 aliphatic heterocycles. The van der Waals surface area contributed by atoms with E-state index in [0.29, 0.717) is 22.9 Å². The number of ether oxygens (including phenoxy) is 1. The van der Waals surface area contributed by atoms with Crippen molar-refractivity contribution >= 4 is 15.7 Å². The number of aryl methyl sites for hydroxylation is 2. The van der Waals surface area contributed by atoms with Crippen LogP contribution in [0.3, 0.4) is 0 Å². The van der Waals surface area contributed by atoms with Crippen LogP contribution in [-0.4, -0.2) is 20.5 Å². The lowest BCUT2D eigenvalue weighted by Crippen LogP contribution is -2.14. The van der Waals surface area contributed by atoms with E-state index in [1.165, 1.54) is 13.2 Å². The van der Waals surface area contributed by atoms with Gasteiger partial charge in [-0.15, -0.1) is 0 Å². The van der Waals surface area contributed by atoms with E-state index in [2.05, 4.69) is 9.71 Å². The number of anilines is 1. The summed E-state index contributed by atoms with van der Waals surface area (Å²) in [6, 6.07) is 12.0. The molecule has 0 aliphatic rings. The van der Waals surface area contributed by atoms with Crippen LogP contribution in [0.4, 0.5) is 5.69 Å².